The molecule has 0 spiro atoms. The SMILES string of the molecule is O=S(=O)(Nc1ncnc(Cl)c1Cl)c1cccc(Cl)c1F. The molecular formula is C10H5Cl3FN3O2S. The van der Waals surface area contributed by atoms with E-state index in [4.69, 9.17) is 34.8 Å². The van der Waals surface area contributed by atoms with E-state index in [9.17, 15) is 12.8 Å². The van der Waals surface area contributed by atoms with Gasteiger partial charge in [0, 0.05) is 0 Å². The van der Waals surface area contributed by atoms with Crippen LogP contribution >= 0.6 is 34.8 Å². The zero-order valence-corrected chi connectivity index (χ0v) is 12.5. The third kappa shape index (κ3) is 2.95. The molecule has 2 rings (SSSR count). The smallest absolute Gasteiger partial charge is 0.262 e. The predicted molar refractivity (Wildman–Crippen MR) is 74.3 cm³/mol. The van der Waals surface area contributed by atoms with Gasteiger partial charge in [-0.3, -0.25) is 4.72 Å². The maximum atomic E-state index is 13.7. The molecule has 0 aliphatic carbocycles. The molecule has 0 aliphatic rings. The maximum absolute atomic E-state index is 13.7. The van der Waals surface area contributed by atoms with Gasteiger partial charge < -0.3 is 0 Å². The molecule has 0 amide bonds. The van der Waals surface area contributed by atoms with Gasteiger partial charge in [0.2, 0.25) is 0 Å². The summed E-state index contributed by atoms with van der Waals surface area (Å²) in [4.78, 5) is 6.57. The lowest BCUT2D eigenvalue weighted by molar-refractivity contribution is 0.570. The lowest BCUT2D eigenvalue weighted by Gasteiger charge is -2.10. The largest absolute Gasteiger partial charge is 0.266 e. The summed E-state index contributed by atoms with van der Waals surface area (Å²) in [6, 6.07) is 3.58. The molecule has 0 unspecified atom stereocenters. The number of aromatic nitrogens is 2. The van der Waals surface area contributed by atoms with Crippen LogP contribution in [-0.4, -0.2) is 18.4 Å². The highest BCUT2D eigenvalue weighted by Crippen LogP contribution is 2.29. The minimum Gasteiger partial charge on any atom is -0.262 e. The van der Waals surface area contributed by atoms with Gasteiger partial charge in [-0.05, 0) is 12.1 Å². The number of halogens is 4. The van der Waals surface area contributed by atoms with Crippen LogP contribution in [0.25, 0.3) is 0 Å². The molecule has 0 fully saturated rings. The molecule has 106 valence electrons. The zero-order chi connectivity index (χ0) is 14.9. The Labute approximate surface area is 128 Å². The Balaban J connectivity index is 2.47. The van der Waals surface area contributed by atoms with Crippen LogP contribution in [0, 0.1) is 5.82 Å². The first-order valence-electron chi connectivity index (χ1n) is 4.96. The molecule has 0 radical (unpaired) electrons. The van der Waals surface area contributed by atoms with E-state index in [1.54, 1.807) is 0 Å². The van der Waals surface area contributed by atoms with Crippen molar-refractivity contribution in [3.63, 3.8) is 0 Å². The second kappa shape index (κ2) is 5.69. The van der Waals surface area contributed by atoms with Crippen LogP contribution in [0.4, 0.5) is 10.2 Å². The van der Waals surface area contributed by atoms with Crippen molar-refractivity contribution in [2.75, 3.05) is 4.72 Å². The molecule has 1 aromatic heterocycles. The fourth-order valence-corrected chi connectivity index (χ4v) is 2.98. The summed E-state index contributed by atoms with van der Waals surface area (Å²) in [5.41, 5.74) is 0. The third-order valence-corrected chi connectivity index (χ3v) is 4.57. The average molecular weight is 357 g/mol. The first kappa shape index (κ1) is 15.2. The summed E-state index contributed by atoms with van der Waals surface area (Å²) in [5, 5.41) is -0.647. The Kier molecular flexibility index (Phi) is 4.33. The summed E-state index contributed by atoms with van der Waals surface area (Å²) in [6.07, 6.45) is 1.01. The molecule has 10 heteroatoms. The Hall–Kier alpha value is -1.15. The number of rotatable bonds is 3. The van der Waals surface area contributed by atoms with Crippen molar-refractivity contribution in [3.8, 4) is 0 Å². The highest BCUT2D eigenvalue weighted by atomic mass is 35.5. The summed E-state index contributed by atoms with van der Waals surface area (Å²) in [6.45, 7) is 0. The van der Waals surface area contributed by atoms with Gasteiger partial charge in [-0.25, -0.2) is 22.8 Å². The first-order chi connectivity index (χ1) is 9.33. The van der Waals surface area contributed by atoms with Crippen molar-refractivity contribution in [1.29, 1.82) is 0 Å². The van der Waals surface area contributed by atoms with E-state index in [0.29, 0.717) is 0 Å². The summed E-state index contributed by atoms with van der Waals surface area (Å²) in [5.74, 6) is -1.33. The van der Waals surface area contributed by atoms with Crippen LogP contribution in [0.15, 0.2) is 29.4 Å². The van der Waals surface area contributed by atoms with E-state index in [1.807, 2.05) is 4.72 Å². The molecule has 1 heterocycles. The minimum absolute atomic E-state index is 0.133. The molecule has 5 nitrogen and oxygen atoms in total. The van der Waals surface area contributed by atoms with Crippen molar-refractivity contribution in [2.24, 2.45) is 0 Å². The lowest BCUT2D eigenvalue weighted by Crippen LogP contribution is -2.16. The van der Waals surface area contributed by atoms with Crippen LogP contribution in [0.3, 0.4) is 0 Å². The molecule has 0 atom stereocenters. The number of hydrogen-bond donors (Lipinski definition) is 1. The lowest BCUT2D eigenvalue weighted by atomic mass is 10.3. The topological polar surface area (TPSA) is 72.0 Å². The number of hydrogen-bond acceptors (Lipinski definition) is 4. The molecule has 20 heavy (non-hydrogen) atoms. The van der Waals surface area contributed by atoms with Crippen molar-refractivity contribution >= 4 is 50.6 Å². The van der Waals surface area contributed by atoms with E-state index in [0.717, 1.165) is 12.4 Å². The van der Waals surface area contributed by atoms with Gasteiger partial charge in [-0.15, -0.1) is 0 Å². The van der Waals surface area contributed by atoms with Crippen LogP contribution in [-0.2, 0) is 10.0 Å². The Morgan fingerprint density at radius 2 is 1.85 bits per heavy atom. The van der Waals surface area contributed by atoms with Crippen molar-refractivity contribution in [2.45, 2.75) is 4.90 Å². The van der Waals surface area contributed by atoms with Crippen LogP contribution in [0.5, 0.6) is 0 Å². The van der Waals surface area contributed by atoms with Gasteiger partial charge in [-0.2, -0.15) is 0 Å². The van der Waals surface area contributed by atoms with Crippen molar-refractivity contribution in [3.05, 3.63) is 45.5 Å². The number of nitrogens with zero attached hydrogens (tertiary/aromatic N) is 2. The van der Waals surface area contributed by atoms with Gasteiger partial charge >= 0.3 is 0 Å². The molecule has 0 bridgehead atoms. The Bertz CT molecular complexity index is 770. The Morgan fingerprint density at radius 1 is 1.15 bits per heavy atom. The number of sulfonamides is 1. The third-order valence-electron chi connectivity index (χ3n) is 2.18. The fourth-order valence-electron chi connectivity index (χ4n) is 1.29. The monoisotopic (exact) mass is 355 g/mol. The molecule has 0 saturated carbocycles. The number of benzene rings is 1. The second-order valence-corrected chi connectivity index (χ2v) is 6.28. The first-order valence-corrected chi connectivity index (χ1v) is 7.57. The zero-order valence-electron chi connectivity index (χ0n) is 9.44. The summed E-state index contributed by atoms with van der Waals surface area (Å²) in [7, 11) is -4.25. The molecule has 0 aliphatic heterocycles. The molecule has 0 saturated heterocycles. The van der Waals surface area contributed by atoms with Crippen molar-refractivity contribution in [1.82, 2.24) is 9.97 Å². The second-order valence-electron chi connectivity index (χ2n) is 3.48. The standard InChI is InChI=1S/C10H5Cl3FN3O2S/c11-5-2-1-3-6(8(5)14)20(18,19)17-10-7(12)9(13)15-4-16-10/h1-4H,(H,15,16,17). The van der Waals surface area contributed by atoms with Gasteiger partial charge in [0.1, 0.15) is 16.2 Å². The quantitative estimate of drug-likeness (QED) is 0.856. The van der Waals surface area contributed by atoms with E-state index in [-0.39, 0.29) is 21.0 Å². The normalized spacial score (nSPS) is 11.4. The van der Waals surface area contributed by atoms with Gasteiger partial charge in [0.25, 0.3) is 10.0 Å². The minimum atomic E-state index is -4.25. The van der Waals surface area contributed by atoms with Crippen LogP contribution in [0.1, 0.15) is 0 Å². The van der Waals surface area contributed by atoms with Gasteiger partial charge in [0.15, 0.2) is 16.8 Å². The van der Waals surface area contributed by atoms with E-state index < -0.39 is 20.7 Å². The Morgan fingerprint density at radius 3 is 2.55 bits per heavy atom. The maximum Gasteiger partial charge on any atom is 0.266 e. The number of nitrogens with one attached hydrogen (secondary N) is 1. The summed E-state index contributed by atoms with van der Waals surface area (Å²) < 4.78 is 39.9. The predicted octanol–water partition coefficient (Wildman–Crippen LogP) is 3.38. The van der Waals surface area contributed by atoms with Crippen LogP contribution in [0.2, 0.25) is 15.2 Å². The number of anilines is 1. The average Bonchev–Trinajstić information content (AvgIpc) is 2.38. The van der Waals surface area contributed by atoms with Crippen molar-refractivity contribution < 1.29 is 12.8 Å². The van der Waals surface area contributed by atoms with E-state index >= 15 is 0 Å². The van der Waals surface area contributed by atoms with Gasteiger partial charge in [0.05, 0.1) is 5.02 Å². The fraction of sp³-hybridized carbons (Fsp3) is 0. The molecular weight excluding hydrogens is 352 g/mol. The summed E-state index contributed by atoms with van der Waals surface area (Å²) >= 11 is 16.9. The molecule has 2 aromatic rings. The van der Waals surface area contributed by atoms with Crippen LogP contribution < -0.4 is 4.72 Å². The molecule has 1 aromatic carbocycles. The highest BCUT2D eigenvalue weighted by Gasteiger charge is 2.23. The van der Waals surface area contributed by atoms with E-state index in [1.165, 1.54) is 12.1 Å². The van der Waals surface area contributed by atoms with Gasteiger partial charge in [-0.1, -0.05) is 40.9 Å². The van der Waals surface area contributed by atoms with E-state index in [2.05, 4.69) is 9.97 Å². The highest BCUT2D eigenvalue weighted by molar-refractivity contribution is 7.92. The molecule has 1 N–H and O–H groups in total.